The number of aromatic nitrogens is 1. The predicted molar refractivity (Wildman–Crippen MR) is 59.6 cm³/mol. The molecule has 1 N–H and O–H groups in total. The van der Waals surface area contributed by atoms with Gasteiger partial charge in [0.05, 0.1) is 5.52 Å². The molecule has 0 radical (unpaired) electrons. The van der Waals surface area contributed by atoms with Crippen LogP contribution in [0.25, 0.3) is 10.9 Å². The average molecular weight is 206 g/mol. The molecule has 0 aliphatic carbocycles. The molecule has 4 heteroatoms. The van der Waals surface area contributed by atoms with Crippen molar-refractivity contribution in [1.29, 1.82) is 5.41 Å². The Morgan fingerprint density at radius 3 is 2.79 bits per heavy atom. The van der Waals surface area contributed by atoms with Crippen molar-refractivity contribution in [3.05, 3.63) is 29.8 Å². The zero-order chi connectivity index (χ0) is 10.1. The van der Waals surface area contributed by atoms with Crippen LogP contribution in [0.3, 0.4) is 0 Å². The Balaban J connectivity index is 2.91. The number of thiol groups is 1. The van der Waals surface area contributed by atoms with Crippen molar-refractivity contribution in [3.63, 3.8) is 0 Å². The van der Waals surface area contributed by atoms with Gasteiger partial charge < -0.3 is 10.2 Å². The molecule has 0 atom stereocenters. The van der Waals surface area contributed by atoms with E-state index in [1.807, 2.05) is 24.3 Å². The van der Waals surface area contributed by atoms with Gasteiger partial charge in [0.1, 0.15) is 12.1 Å². The summed E-state index contributed by atoms with van der Waals surface area (Å²) in [5.74, 6) is 0. The normalized spacial score (nSPS) is 10.4. The first kappa shape index (κ1) is 9.15. The van der Waals surface area contributed by atoms with E-state index in [-0.39, 0.29) is 0 Å². The largest absolute Gasteiger partial charge is 0.416 e. The van der Waals surface area contributed by atoms with E-state index in [1.165, 1.54) is 6.21 Å². The lowest BCUT2D eigenvalue weighted by molar-refractivity contribution is 0.159. The van der Waals surface area contributed by atoms with E-state index in [9.17, 15) is 0 Å². The fourth-order valence-corrected chi connectivity index (χ4v) is 1.92. The molecular weight excluding hydrogens is 196 g/mol. The maximum absolute atomic E-state index is 7.31. The highest BCUT2D eigenvalue weighted by Gasteiger charge is 2.12. The maximum atomic E-state index is 7.31. The van der Waals surface area contributed by atoms with Crippen molar-refractivity contribution >= 4 is 29.7 Å². The summed E-state index contributed by atoms with van der Waals surface area (Å²) in [6.45, 7) is 0. The number of hydrogen-bond donors (Lipinski definition) is 2. The second-order valence-electron chi connectivity index (χ2n) is 2.88. The van der Waals surface area contributed by atoms with Gasteiger partial charge in [-0.05, 0) is 6.07 Å². The van der Waals surface area contributed by atoms with E-state index in [0.29, 0.717) is 5.03 Å². The summed E-state index contributed by atoms with van der Waals surface area (Å²) in [5.41, 5.74) is 1.71. The van der Waals surface area contributed by atoms with Gasteiger partial charge in [-0.25, -0.2) is 0 Å². The fraction of sp³-hybridized carbons (Fsp3) is 0.100. The number of rotatable bonds is 2. The SMILES string of the molecule is COn1c(S)c(C=N)c2ccccc21. The average Bonchev–Trinajstić information content (AvgIpc) is 2.49. The Kier molecular flexibility index (Phi) is 2.21. The Hall–Kier alpha value is -1.42. The van der Waals surface area contributed by atoms with Crippen LogP contribution in [0, 0.1) is 5.41 Å². The summed E-state index contributed by atoms with van der Waals surface area (Å²) < 4.78 is 1.61. The van der Waals surface area contributed by atoms with Crippen LogP contribution in [0.15, 0.2) is 29.3 Å². The van der Waals surface area contributed by atoms with Crippen molar-refractivity contribution in [2.24, 2.45) is 0 Å². The third-order valence-corrected chi connectivity index (χ3v) is 2.60. The second-order valence-corrected chi connectivity index (χ2v) is 3.30. The smallest absolute Gasteiger partial charge is 0.120 e. The highest BCUT2D eigenvalue weighted by Crippen LogP contribution is 2.25. The molecule has 72 valence electrons. The zero-order valence-corrected chi connectivity index (χ0v) is 8.58. The topological polar surface area (TPSA) is 38.0 Å². The first-order valence-electron chi connectivity index (χ1n) is 4.17. The lowest BCUT2D eigenvalue weighted by Crippen LogP contribution is -2.05. The van der Waals surface area contributed by atoms with Crippen LogP contribution in [0.1, 0.15) is 5.56 Å². The Morgan fingerprint density at radius 2 is 2.14 bits per heavy atom. The summed E-state index contributed by atoms with van der Waals surface area (Å²) in [6.07, 6.45) is 1.29. The summed E-state index contributed by atoms with van der Waals surface area (Å²) in [5, 5.41) is 8.95. The van der Waals surface area contributed by atoms with Crippen molar-refractivity contribution in [1.82, 2.24) is 4.73 Å². The molecule has 0 bridgehead atoms. The van der Waals surface area contributed by atoms with Gasteiger partial charge >= 0.3 is 0 Å². The van der Waals surface area contributed by atoms with Crippen LogP contribution < -0.4 is 4.84 Å². The van der Waals surface area contributed by atoms with Crippen molar-refractivity contribution in [2.45, 2.75) is 5.03 Å². The third-order valence-electron chi connectivity index (χ3n) is 2.17. The Bertz CT molecular complexity index is 490. The number of nitrogens with one attached hydrogen (secondary N) is 1. The minimum absolute atomic E-state index is 0.656. The van der Waals surface area contributed by atoms with Crippen LogP contribution >= 0.6 is 12.6 Å². The van der Waals surface area contributed by atoms with Crippen LogP contribution in [0.2, 0.25) is 0 Å². The summed E-state index contributed by atoms with van der Waals surface area (Å²) in [6, 6.07) is 7.75. The first-order chi connectivity index (χ1) is 6.79. The lowest BCUT2D eigenvalue weighted by atomic mass is 10.2. The van der Waals surface area contributed by atoms with E-state index < -0.39 is 0 Å². The molecule has 0 amide bonds. The first-order valence-corrected chi connectivity index (χ1v) is 4.61. The standard InChI is InChI=1S/C10H10N2OS/c1-13-12-9-5-3-2-4-7(9)8(6-11)10(12)14/h2-6,11,14H,1H3. The van der Waals surface area contributed by atoms with Gasteiger partial charge in [-0.15, -0.1) is 12.6 Å². The van der Waals surface area contributed by atoms with Gasteiger partial charge in [0.15, 0.2) is 0 Å². The molecular formula is C10H10N2OS. The molecule has 0 aliphatic rings. The zero-order valence-electron chi connectivity index (χ0n) is 7.69. The van der Waals surface area contributed by atoms with Gasteiger partial charge in [-0.3, -0.25) is 0 Å². The molecule has 0 saturated heterocycles. The fourth-order valence-electron chi connectivity index (χ4n) is 1.55. The molecule has 0 unspecified atom stereocenters. The molecule has 1 heterocycles. The van der Waals surface area contributed by atoms with Crippen LogP contribution in [-0.4, -0.2) is 18.1 Å². The van der Waals surface area contributed by atoms with Gasteiger partial charge in [0, 0.05) is 17.2 Å². The molecule has 0 spiro atoms. The number of nitrogens with zero attached hydrogens (tertiary/aromatic N) is 1. The van der Waals surface area contributed by atoms with Gasteiger partial charge in [0.25, 0.3) is 0 Å². The lowest BCUT2D eigenvalue weighted by Gasteiger charge is -2.03. The molecule has 0 saturated carbocycles. The van der Waals surface area contributed by atoms with E-state index in [4.69, 9.17) is 10.2 Å². The molecule has 14 heavy (non-hydrogen) atoms. The Labute approximate surface area is 87.2 Å². The molecule has 3 nitrogen and oxygen atoms in total. The maximum Gasteiger partial charge on any atom is 0.120 e. The van der Waals surface area contributed by atoms with E-state index in [1.54, 1.807) is 11.8 Å². The van der Waals surface area contributed by atoms with Crippen molar-refractivity contribution in [3.8, 4) is 0 Å². The number of fused-ring (bicyclic) bond motifs is 1. The third kappa shape index (κ3) is 1.11. The molecule has 0 fully saturated rings. The van der Waals surface area contributed by atoms with Crippen LogP contribution in [0.5, 0.6) is 0 Å². The highest BCUT2D eigenvalue weighted by molar-refractivity contribution is 7.80. The molecule has 1 aromatic heterocycles. The van der Waals surface area contributed by atoms with Gasteiger partial charge in [-0.2, -0.15) is 4.73 Å². The predicted octanol–water partition coefficient (Wildman–Crippen LogP) is 1.99. The molecule has 2 aromatic rings. The van der Waals surface area contributed by atoms with E-state index >= 15 is 0 Å². The van der Waals surface area contributed by atoms with E-state index in [0.717, 1.165) is 16.5 Å². The molecule has 0 aliphatic heterocycles. The van der Waals surface area contributed by atoms with Gasteiger partial charge in [0.2, 0.25) is 0 Å². The minimum atomic E-state index is 0.656. The number of hydrogen-bond acceptors (Lipinski definition) is 3. The van der Waals surface area contributed by atoms with Crippen LogP contribution in [0.4, 0.5) is 0 Å². The quantitative estimate of drug-likeness (QED) is 0.572. The highest BCUT2D eigenvalue weighted by atomic mass is 32.1. The molecule has 1 aromatic carbocycles. The van der Waals surface area contributed by atoms with Crippen molar-refractivity contribution < 1.29 is 4.84 Å². The monoisotopic (exact) mass is 206 g/mol. The van der Waals surface area contributed by atoms with Gasteiger partial charge in [-0.1, -0.05) is 18.2 Å². The van der Waals surface area contributed by atoms with Crippen LogP contribution in [-0.2, 0) is 0 Å². The summed E-state index contributed by atoms with van der Waals surface area (Å²) in [7, 11) is 1.58. The minimum Gasteiger partial charge on any atom is -0.416 e. The molecule has 2 rings (SSSR count). The number of para-hydroxylation sites is 1. The summed E-state index contributed by atoms with van der Waals surface area (Å²) >= 11 is 4.32. The van der Waals surface area contributed by atoms with E-state index in [2.05, 4.69) is 12.6 Å². The van der Waals surface area contributed by atoms with Crippen molar-refractivity contribution in [2.75, 3.05) is 7.11 Å². The second kappa shape index (κ2) is 3.38. The summed E-state index contributed by atoms with van der Waals surface area (Å²) in [4.78, 5) is 5.18. The number of benzene rings is 1. The Morgan fingerprint density at radius 1 is 1.43 bits per heavy atom.